The zero-order chi connectivity index (χ0) is 22.9. The number of aliphatic hydroxyl groups excluding tert-OH is 1. The molecule has 0 aliphatic carbocycles. The highest BCUT2D eigenvalue weighted by Gasteiger charge is 2.46. The number of pyridine rings is 1. The molecule has 2 heterocycles. The average molecular weight is 455 g/mol. The van der Waals surface area contributed by atoms with Crippen molar-refractivity contribution in [3.8, 4) is 0 Å². The Morgan fingerprint density at radius 3 is 2.39 bits per heavy atom. The van der Waals surface area contributed by atoms with Gasteiger partial charge >= 0.3 is 0 Å². The van der Waals surface area contributed by atoms with Crippen LogP contribution < -0.4 is 0 Å². The van der Waals surface area contributed by atoms with Gasteiger partial charge in [-0.1, -0.05) is 72.3 Å². The molecule has 0 radical (unpaired) electrons. The first-order chi connectivity index (χ1) is 16.0. The molecule has 0 saturated carbocycles. The normalized spacial score (nSPS) is 17.6. The summed E-state index contributed by atoms with van der Waals surface area (Å²) in [7, 11) is 0. The fourth-order valence-corrected chi connectivity index (χ4v) is 4.40. The van der Waals surface area contributed by atoms with Gasteiger partial charge in [-0.2, -0.15) is 0 Å². The Morgan fingerprint density at radius 2 is 1.64 bits per heavy atom. The smallest absolute Gasteiger partial charge is 0.296 e. The summed E-state index contributed by atoms with van der Waals surface area (Å²) >= 11 is 6.08. The summed E-state index contributed by atoms with van der Waals surface area (Å²) in [6.07, 6.45) is 1.64. The SMILES string of the molecule is O=C1C(=O)N(Cc2ccccn2)C(c2ccc(Cl)cc2)/C1=C(/O)c1cccc2ccccc12. The number of halogens is 1. The summed E-state index contributed by atoms with van der Waals surface area (Å²) in [5.41, 5.74) is 1.87. The molecule has 1 aliphatic rings. The van der Waals surface area contributed by atoms with Crippen molar-refractivity contribution < 1.29 is 14.7 Å². The van der Waals surface area contributed by atoms with Crippen LogP contribution in [0.25, 0.3) is 16.5 Å². The first-order valence-electron chi connectivity index (χ1n) is 10.5. The number of amides is 1. The topological polar surface area (TPSA) is 70.5 Å². The minimum Gasteiger partial charge on any atom is -0.507 e. The lowest BCUT2D eigenvalue weighted by Gasteiger charge is -2.25. The zero-order valence-corrected chi connectivity index (χ0v) is 18.2. The summed E-state index contributed by atoms with van der Waals surface area (Å²) in [6.45, 7) is 0.130. The van der Waals surface area contributed by atoms with Crippen LogP contribution in [0, 0.1) is 0 Å². The van der Waals surface area contributed by atoms with E-state index in [0.29, 0.717) is 21.8 Å². The standard InChI is InChI=1S/C27H19ClN2O3/c28-19-13-11-18(12-14-19)24-23(25(31)22-10-5-7-17-6-1-2-9-21(17)22)26(32)27(33)30(24)16-20-8-3-4-15-29-20/h1-15,24,31H,16H2/b25-23-. The van der Waals surface area contributed by atoms with Crippen molar-refractivity contribution in [2.75, 3.05) is 0 Å². The van der Waals surface area contributed by atoms with Gasteiger partial charge in [-0.25, -0.2) is 0 Å². The third kappa shape index (κ3) is 3.77. The second kappa shape index (κ2) is 8.52. The Balaban J connectivity index is 1.71. The van der Waals surface area contributed by atoms with E-state index in [2.05, 4.69) is 4.98 Å². The summed E-state index contributed by atoms with van der Waals surface area (Å²) in [5.74, 6) is -1.60. The van der Waals surface area contributed by atoms with E-state index in [4.69, 9.17) is 11.6 Å². The number of rotatable bonds is 4. The molecule has 0 bridgehead atoms. The van der Waals surface area contributed by atoms with Crippen LogP contribution in [-0.4, -0.2) is 26.7 Å². The number of carbonyl (C=O) groups excluding carboxylic acids is 2. The van der Waals surface area contributed by atoms with E-state index >= 15 is 0 Å². The average Bonchev–Trinajstić information content (AvgIpc) is 3.09. The lowest BCUT2D eigenvalue weighted by atomic mass is 9.93. The number of hydrogen-bond donors (Lipinski definition) is 1. The molecule has 162 valence electrons. The largest absolute Gasteiger partial charge is 0.507 e. The van der Waals surface area contributed by atoms with Crippen molar-refractivity contribution in [1.29, 1.82) is 0 Å². The molecular formula is C27H19ClN2O3. The van der Waals surface area contributed by atoms with E-state index in [-0.39, 0.29) is 17.9 Å². The van der Waals surface area contributed by atoms with Crippen molar-refractivity contribution >= 4 is 39.8 Å². The number of ketones is 1. The summed E-state index contributed by atoms with van der Waals surface area (Å²) in [4.78, 5) is 32.2. The van der Waals surface area contributed by atoms with Gasteiger partial charge in [0, 0.05) is 16.8 Å². The van der Waals surface area contributed by atoms with Gasteiger partial charge in [0.15, 0.2) is 0 Å². The van der Waals surface area contributed by atoms with Crippen LogP contribution in [0.15, 0.2) is 96.7 Å². The molecule has 1 fully saturated rings. The maximum atomic E-state index is 13.3. The predicted molar refractivity (Wildman–Crippen MR) is 127 cm³/mol. The molecule has 1 saturated heterocycles. The molecule has 1 amide bonds. The molecular weight excluding hydrogens is 436 g/mol. The second-order valence-electron chi connectivity index (χ2n) is 7.83. The predicted octanol–water partition coefficient (Wildman–Crippen LogP) is 5.51. The summed E-state index contributed by atoms with van der Waals surface area (Å²) in [6, 6.07) is 24.7. The number of benzene rings is 3. The fraction of sp³-hybridized carbons (Fsp3) is 0.0741. The van der Waals surface area contributed by atoms with Crippen molar-refractivity contribution in [1.82, 2.24) is 9.88 Å². The van der Waals surface area contributed by atoms with E-state index in [9.17, 15) is 14.7 Å². The van der Waals surface area contributed by atoms with Gasteiger partial charge < -0.3 is 10.0 Å². The molecule has 0 spiro atoms. The number of nitrogens with zero attached hydrogens (tertiary/aromatic N) is 2. The number of aliphatic hydroxyl groups is 1. The Labute approximate surface area is 195 Å². The molecule has 1 atom stereocenters. The highest BCUT2D eigenvalue weighted by molar-refractivity contribution is 6.46. The number of carbonyl (C=O) groups is 2. The Hall–Kier alpha value is -3.96. The number of aromatic nitrogens is 1. The van der Waals surface area contributed by atoms with Crippen LogP contribution >= 0.6 is 11.6 Å². The summed E-state index contributed by atoms with van der Waals surface area (Å²) < 4.78 is 0. The molecule has 5 rings (SSSR count). The van der Waals surface area contributed by atoms with Crippen molar-refractivity contribution in [3.05, 3.63) is 119 Å². The maximum absolute atomic E-state index is 13.3. The van der Waals surface area contributed by atoms with Gasteiger partial charge in [0.2, 0.25) is 0 Å². The lowest BCUT2D eigenvalue weighted by Crippen LogP contribution is -2.29. The highest BCUT2D eigenvalue weighted by atomic mass is 35.5. The van der Waals surface area contributed by atoms with Crippen LogP contribution in [0.4, 0.5) is 0 Å². The van der Waals surface area contributed by atoms with Crippen molar-refractivity contribution in [2.45, 2.75) is 12.6 Å². The number of fused-ring (bicyclic) bond motifs is 1. The van der Waals surface area contributed by atoms with Crippen molar-refractivity contribution in [3.63, 3.8) is 0 Å². The maximum Gasteiger partial charge on any atom is 0.296 e. The van der Waals surface area contributed by atoms with Gasteiger partial charge in [-0.15, -0.1) is 0 Å². The zero-order valence-electron chi connectivity index (χ0n) is 17.5. The van der Waals surface area contributed by atoms with Gasteiger partial charge in [0.25, 0.3) is 11.7 Å². The van der Waals surface area contributed by atoms with Crippen LogP contribution in [0.1, 0.15) is 22.9 Å². The van der Waals surface area contributed by atoms with E-state index < -0.39 is 17.7 Å². The molecule has 6 heteroatoms. The monoisotopic (exact) mass is 454 g/mol. The third-order valence-electron chi connectivity index (χ3n) is 5.83. The number of Topliss-reactive ketones (excluding diaryl/α,β-unsaturated/α-hetero) is 1. The number of hydrogen-bond acceptors (Lipinski definition) is 4. The molecule has 3 aromatic carbocycles. The molecule has 1 aliphatic heterocycles. The minimum atomic E-state index is -0.775. The van der Waals surface area contributed by atoms with Gasteiger partial charge in [-0.05, 0) is 40.6 Å². The summed E-state index contributed by atoms with van der Waals surface area (Å²) in [5, 5.41) is 13.7. The molecule has 1 unspecified atom stereocenters. The molecule has 4 aromatic rings. The Morgan fingerprint density at radius 1 is 0.909 bits per heavy atom. The first-order valence-corrected chi connectivity index (χ1v) is 10.8. The van der Waals surface area contributed by atoms with E-state index in [1.807, 2.05) is 42.5 Å². The second-order valence-corrected chi connectivity index (χ2v) is 8.26. The lowest BCUT2D eigenvalue weighted by molar-refractivity contribution is -0.140. The van der Waals surface area contributed by atoms with Crippen LogP contribution in [0.5, 0.6) is 0 Å². The fourth-order valence-electron chi connectivity index (χ4n) is 4.28. The van der Waals surface area contributed by atoms with Crippen LogP contribution in [0.3, 0.4) is 0 Å². The number of likely N-dealkylation sites (tertiary alicyclic amines) is 1. The quantitative estimate of drug-likeness (QED) is 0.251. The van der Waals surface area contributed by atoms with Gasteiger partial charge in [-0.3, -0.25) is 14.6 Å². The van der Waals surface area contributed by atoms with E-state index in [0.717, 1.165) is 10.8 Å². The molecule has 1 N–H and O–H groups in total. The minimum absolute atomic E-state index is 0.0506. The first kappa shape index (κ1) is 20.9. The third-order valence-corrected chi connectivity index (χ3v) is 6.08. The Kier molecular flexibility index (Phi) is 5.40. The van der Waals surface area contributed by atoms with Crippen molar-refractivity contribution in [2.24, 2.45) is 0 Å². The highest BCUT2D eigenvalue weighted by Crippen LogP contribution is 2.41. The van der Waals surface area contributed by atoms with E-state index in [1.165, 1.54) is 4.90 Å². The molecule has 33 heavy (non-hydrogen) atoms. The van der Waals surface area contributed by atoms with Gasteiger partial charge in [0.05, 0.1) is 23.9 Å². The Bertz CT molecular complexity index is 1390. The molecule has 1 aromatic heterocycles. The van der Waals surface area contributed by atoms with Crippen LogP contribution in [-0.2, 0) is 16.1 Å². The van der Waals surface area contributed by atoms with Crippen LogP contribution in [0.2, 0.25) is 5.02 Å². The van der Waals surface area contributed by atoms with Gasteiger partial charge in [0.1, 0.15) is 5.76 Å². The van der Waals surface area contributed by atoms with E-state index in [1.54, 1.807) is 48.7 Å². The molecule has 5 nitrogen and oxygen atoms in total.